The van der Waals surface area contributed by atoms with Gasteiger partial charge < -0.3 is 26.7 Å². The molecule has 0 radical (unpaired) electrons. The topological polar surface area (TPSA) is 209 Å². The van der Waals surface area contributed by atoms with Crippen LogP contribution in [-0.2, 0) is 33.6 Å². The quantitative estimate of drug-likeness (QED) is 0.211. The molecule has 0 saturated carbocycles. The van der Waals surface area contributed by atoms with Crippen molar-refractivity contribution in [2.24, 2.45) is 11.5 Å². The molecule has 42 heavy (non-hydrogen) atoms. The molecule has 15 nitrogen and oxygen atoms in total. The second kappa shape index (κ2) is 18.1. The number of nitrogens with two attached hydrogens (primary N) is 2. The highest BCUT2D eigenvalue weighted by Gasteiger charge is 2.37. The van der Waals surface area contributed by atoms with E-state index in [2.05, 4.69) is 33.5 Å². The van der Waals surface area contributed by atoms with Crippen LogP contribution in [0.4, 0.5) is 0 Å². The van der Waals surface area contributed by atoms with Gasteiger partial charge in [-0.15, -0.1) is 5.06 Å². The molecule has 4 amide bonds. The van der Waals surface area contributed by atoms with Crippen molar-refractivity contribution < 1.29 is 38.7 Å². The molecule has 0 aromatic rings. The molecule has 5 heterocycles. The lowest BCUT2D eigenvalue weighted by Gasteiger charge is -2.19. The summed E-state index contributed by atoms with van der Waals surface area (Å²) < 4.78 is 5.50. The Bertz CT molecular complexity index is 942. The molecule has 5 saturated heterocycles. The van der Waals surface area contributed by atoms with E-state index < -0.39 is 23.8 Å². The minimum atomic E-state index is -0.706. The van der Waals surface area contributed by atoms with Gasteiger partial charge in [-0.1, -0.05) is 28.2 Å². The molecule has 7 unspecified atom stereocenters. The molecule has 5 fully saturated rings. The predicted molar refractivity (Wildman–Crippen MR) is 163 cm³/mol. The van der Waals surface area contributed by atoms with Crippen molar-refractivity contribution in [1.82, 2.24) is 24.4 Å². The van der Waals surface area contributed by atoms with E-state index in [9.17, 15) is 28.8 Å². The van der Waals surface area contributed by atoms with Gasteiger partial charge in [-0.2, -0.15) is 0 Å². The molecule has 5 rings (SSSR count). The number of hydrogen-bond donors (Lipinski definition) is 4. The minimum Gasteiger partial charge on any atom is -0.480 e. The van der Waals surface area contributed by atoms with Crippen LogP contribution in [0.25, 0.3) is 0 Å². The second-order valence-corrected chi connectivity index (χ2v) is 12.5. The van der Waals surface area contributed by atoms with Crippen molar-refractivity contribution in [3.8, 4) is 0 Å². The molecule has 0 aromatic heterocycles. The molecule has 0 bridgehead atoms. The predicted octanol–water partition coefficient (Wildman–Crippen LogP) is -0.876. The number of hydrogen-bond acceptors (Lipinski definition) is 11. The van der Waals surface area contributed by atoms with E-state index in [1.54, 1.807) is 9.34 Å². The van der Waals surface area contributed by atoms with Crippen molar-refractivity contribution in [2.45, 2.75) is 88.4 Å². The first-order chi connectivity index (χ1) is 19.8. The number of nitrogens with one attached hydrogen (secondary N) is 1. The third kappa shape index (κ3) is 11.3. The first kappa shape index (κ1) is 36.3. The van der Waals surface area contributed by atoms with Gasteiger partial charge >= 0.3 is 11.9 Å². The number of hydroxylamine groups is 2. The first-order valence-corrected chi connectivity index (χ1v) is 15.5. The molecule has 238 valence electrons. The van der Waals surface area contributed by atoms with Crippen LogP contribution in [0.5, 0.6) is 0 Å². The highest BCUT2D eigenvalue weighted by Crippen LogP contribution is 2.24. The van der Waals surface area contributed by atoms with Crippen LogP contribution < -0.4 is 16.8 Å². The Labute approximate surface area is 252 Å². The second-order valence-electron chi connectivity index (χ2n) is 10.5. The maximum absolute atomic E-state index is 11.7. The molecule has 5 aliphatic heterocycles. The van der Waals surface area contributed by atoms with Gasteiger partial charge in [0.05, 0.1) is 12.1 Å². The summed E-state index contributed by atoms with van der Waals surface area (Å²) in [6, 6.07) is -0.703. The fourth-order valence-corrected chi connectivity index (χ4v) is 6.32. The SMILES string of the molecule is NC(=O)C1CCCN1.NC(=O)C1CCCN1P.O=C(O)C1CCCN1P.O=C(ON1C(=O)CCC1=O)C1CCCN1P. The van der Waals surface area contributed by atoms with Crippen molar-refractivity contribution in [3.63, 3.8) is 0 Å². The van der Waals surface area contributed by atoms with Crippen molar-refractivity contribution in [2.75, 3.05) is 26.2 Å². The van der Waals surface area contributed by atoms with Gasteiger partial charge in [-0.3, -0.25) is 38.0 Å². The molecule has 5 aliphatic rings. The van der Waals surface area contributed by atoms with E-state index >= 15 is 0 Å². The van der Waals surface area contributed by atoms with E-state index in [0.29, 0.717) is 11.5 Å². The van der Waals surface area contributed by atoms with Crippen molar-refractivity contribution in [3.05, 3.63) is 0 Å². The highest BCUT2D eigenvalue weighted by atomic mass is 31.0. The number of carbonyl (C=O) groups is 6. The summed E-state index contributed by atoms with van der Waals surface area (Å²) in [5.74, 6) is -2.54. The number of carboxylic acid groups (broad SMARTS) is 1. The third-order valence-corrected chi connectivity index (χ3v) is 9.21. The summed E-state index contributed by atoms with van der Waals surface area (Å²) in [5.41, 5.74) is 10.1. The molecular weight excluding hydrogens is 607 g/mol. The fraction of sp³-hybridized carbons (Fsp3) is 0.750. The van der Waals surface area contributed by atoms with Crippen LogP contribution in [0.3, 0.4) is 0 Å². The van der Waals surface area contributed by atoms with E-state index in [4.69, 9.17) is 21.4 Å². The molecule has 18 heteroatoms. The maximum Gasteiger partial charge on any atom is 0.350 e. The minimum absolute atomic E-state index is 0.0324. The Hall–Kier alpha value is -1.85. The van der Waals surface area contributed by atoms with Crippen LogP contribution in [0.1, 0.15) is 64.2 Å². The lowest BCUT2D eigenvalue weighted by molar-refractivity contribution is -0.199. The Morgan fingerprint density at radius 2 is 1.21 bits per heavy atom. The molecule has 0 aromatic carbocycles. The zero-order valence-corrected chi connectivity index (χ0v) is 27.2. The van der Waals surface area contributed by atoms with Gasteiger partial charge in [0.15, 0.2) is 0 Å². The molecule has 0 aliphatic carbocycles. The normalized spacial score (nSPS) is 27.8. The largest absolute Gasteiger partial charge is 0.480 e. The summed E-state index contributed by atoms with van der Waals surface area (Å²) >= 11 is 0. The number of nitrogens with zero attached hydrogens (tertiary/aromatic N) is 4. The van der Waals surface area contributed by atoms with Crippen molar-refractivity contribution >= 4 is 63.7 Å². The van der Waals surface area contributed by atoms with Gasteiger partial charge in [0.25, 0.3) is 11.8 Å². The van der Waals surface area contributed by atoms with Crippen LogP contribution in [0.2, 0.25) is 0 Å². The monoisotopic (exact) mass is 651 g/mol. The lowest BCUT2D eigenvalue weighted by Crippen LogP contribution is -2.39. The van der Waals surface area contributed by atoms with Gasteiger partial charge in [0.1, 0.15) is 12.1 Å². The first-order valence-electron chi connectivity index (χ1n) is 14.0. The summed E-state index contributed by atoms with van der Waals surface area (Å²) in [6.07, 6.45) is 7.63. The van der Waals surface area contributed by atoms with E-state index in [1.165, 1.54) is 0 Å². The smallest absolute Gasteiger partial charge is 0.350 e. The van der Waals surface area contributed by atoms with Crippen LogP contribution >= 0.6 is 28.2 Å². The zero-order chi connectivity index (χ0) is 31.4. The summed E-state index contributed by atoms with van der Waals surface area (Å²) in [5, 5.41) is 12.1. The average Bonchev–Trinajstić information content (AvgIpc) is 3.76. The van der Waals surface area contributed by atoms with Gasteiger partial charge in [0.2, 0.25) is 11.8 Å². The highest BCUT2D eigenvalue weighted by molar-refractivity contribution is 7.13. The number of primary amides is 2. The summed E-state index contributed by atoms with van der Waals surface area (Å²) in [6.45, 7) is 3.60. The number of rotatable bonds is 5. The van der Waals surface area contributed by atoms with E-state index in [-0.39, 0.29) is 48.8 Å². The number of carboxylic acids is 1. The van der Waals surface area contributed by atoms with Gasteiger partial charge in [-0.25, -0.2) is 4.79 Å². The Morgan fingerprint density at radius 1 is 0.738 bits per heavy atom. The number of amides is 4. The maximum atomic E-state index is 11.7. The number of aliphatic carboxylic acids is 1. The fourth-order valence-electron chi connectivity index (χ4n) is 4.93. The third-order valence-electron chi connectivity index (χ3n) is 7.36. The summed E-state index contributed by atoms with van der Waals surface area (Å²) in [7, 11) is 7.40. The number of imide groups is 1. The van der Waals surface area contributed by atoms with Crippen LogP contribution in [-0.4, -0.2) is 110 Å². The standard InChI is InChI=1S/C9H13N2O4P.C5H11N2OP.C5H10N2O.C5H10NO2P/c12-7-3-4-8(13)11(7)15-9(14)6-2-1-5-10(6)16;6-5(8)4-2-1-3-7(4)9;6-5(8)4-2-1-3-7-4;7-5(8)4-2-1-3-6(4)9/h6H,1-5,16H2;4H,1-3,9H2,(H2,6,8);4,7H,1-3H2,(H2,6,8);4H,1-3,9H2,(H,7,8). The average molecular weight is 652 g/mol. The Balaban J connectivity index is 0.000000206. The number of carbonyl (C=O) groups excluding carboxylic acids is 5. The zero-order valence-electron chi connectivity index (χ0n) is 23.7. The Kier molecular flexibility index (Phi) is 15.6. The Morgan fingerprint density at radius 3 is 1.50 bits per heavy atom. The molecule has 0 spiro atoms. The van der Waals surface area contributed by atoms with Crippen LogP contribution in [0, 0.1) is 0 Å². The van der Waals surface area contributed by atoms with Gasteiger partial charge in [-0.05, 0) is 57.9 Å². The molecule has 7 atom stereocenters. The van der Waals surface area contributed by atoms with E-state index in [1.807, 2.05) is 4.67 Å². The van der Waals surface area contributed by atoms with E-state index in [0.717, 1.165) is 71.1 Å². The van der Waals surface area contributed by atoms with Gasteiger partial charge in [0, 0.05) is 32.5 Å². The summed E-state index contributed by atoms with van der Waals surface area (Å²) in [4.78, 5) is 70.3. The molecule has 6 N–H and O–H groups in total. The van der Waals surface area contributed by atoms with Crippen molar-refractivity contribution in [1.29, 1.82) is 0 Å². The van der Waals surface area contributed by atoms with Crippen LogP contribution in [0.15, 0.2) is 0 Å². The molecular formula is C24H44N7O8P3. The lowest BCUT2D eigenvalue weighted by atomic mass is 10.2.